The minimum absolute atomic E-state index is 0.0243. The largest absolute Gasteiger partial charge is 0.508 e. The van der Waals surface area contributed by atoms with Crippen LogP contribution in [0.2, 0.25) is 0 Å². The lowest BCUT2D eigenvalue weighted by Gasteiger charge is -2.14. The van der Waals surface area contributed by atoms with E-state index < -0.39 is 0 Å². The van der Waals surface area contributed by atoms with Gasteiger partial charge in [0.1, 0.15) is 11.5 Å². The highest BCUT2D eigenvalue weighted by atomic mass is 16.3. The molecule has 0 saturated carbocycles. The molecule has 1 aromatic heterocycles. The number of hydrogen-bond acceptors (Lipinski definition) is 4. The zero-order valence-electron chi connectivity index (χ0n) is 16.1. The van der Waals surface area contributed by atoms with Crippen molar-refractivity contribution < 1.29 is 10.2 Å². The van der Waals surface area contributed by atoms with Crippen LogP contribution in [0.25, 0.3) is 17.1 Å². The summed E-state index contributed by atoms with van der Waals surface area (Å²) in [5.41, 5.74) is 3.74. The fraction of sp³-hybridized carbons (Fsp3) is 0.333. The molecule has 6 nitrogen and oxygen atoms in total. The molecule has 3 aromatic rings. The van der Waals surface area contributed by atoms with E-state index in [1.54, 1.807) is 6.07 Å². The second-order valence-corrected chi connectivity index (χ2v) is 7.13. The van der Waals surface area contributed by atoms with Crippen LogP contribution in [0, 0.1) is 6.92 Å². The number of H-pyrrole nitrogens is 1. The molecule has 0 atom stereocenters. The summed E-state index contributed by atoms with van der Waals surface area (Å²) in [5, 5.41) is 27.1. The Bertz CT molecular complexity index is 1030. The van der Waals surface area contributed by atoms with Crippen LogP contribution in [0.3, 0.4) is 0 Å². The van der Waals surface area contributed by atoms with Gasteiger partial charge < -0.3 is 10.2 Å². The monoisotopic (exact) mass is 367 g/mol. The molecule has 0 aliphatic carbocycles. The molecule has 1 heterocycles. The lowest BCUT2D eigenvalue weighted by atomic mass is 9.98. The zero-order valence-corrected chi connectivity index (χ0v) is 16.1. The van der Waals surface area contributed by atoms with E-state index in [0.717, 1.165) is 12.8 Å². The first-order valence-corrected chi connectivity index (χ1v) is 9.17. The van der Waals surface area contributed by atoms with Gasteiger partial charge in [0.25, 0.3) is 0 Å². The molecule has 0 bridgehead atoms. The predicted molar refractivity (Wildman–Crippen MR) is 106 cm³/mol. The van der Waals surface area contributed by atoms with Crippen LogP contribution in [0.4, 0.5) is 0 Å². The van der Waals surface area contributed by atoms with Gasteiger partial charge >= 0.3 is 5.69 Å². The molecule has 142 valence electrons. The van der Waals surface area contributed by atoms with Gasteiger partial charge in [-0.3, -0.25) is 0 Å². The van der Waals surface area contributed by atoms with Crippen molar-refractivity contribution in [1.29, 1.82) is 0 Å². The van der Waals surface area contributed by atoms with Gasteiger partial charge in [-0.25, -0.2) is 14.5 Å². The van der Waals surface area contributed by atoms with Crippen LogP contribution < -0.4 is 5.69 Å². The van der Waals surface area contributed by atoms with E-state index >= 15 is 0 Å². The smallest absolute Gasteiger partial charge is 0.348 e. The topological polar surface area (TPSA) is 91.1 Å². The second-order valence-electron chi connectivity index (χ2n) is 7.13. The lowest BCUT2D eigenvalue weighted by molar-refractivity contribution is 0.444. The number of nitrogens with zero attached hydrogens (tertiary/aromatic N) is 2. The van der Waals surface area contributed by atoms with Crippen molar-refractivity contribution in [1.82, 2.24) is 14.8 Å². The molecular formula is C21H25N3O3. The normalized spacial score (nSPS) is 11.3. The average Bonchev–Trinajstić information content (AvgIpc) is 2.98. The third-order valence-electron chi connectivity index (χ3n) is 4.79. The summed E-state index contributed by atoms with van der Waals surface area (Å²) < 4.78 is 1.45. The molecule has 0 aliphatic heterocycles. The molecule has 0 aliphatic rings. The summed E-state index contributed by atoms with van der Waals surface area (Å²) in [6.45, 7) is 8.06. The second kappa shape index (κ2) is 7.31. The molecule has 0 fully saturated rings. The summed E-state index contributed by atoms with van der Waals surface area (Å²) in [7, 11) is 0. The molecule has 6 heteroatoms. The highest BCUT2D eigenvalue weighted by Crippen LogP contribution is 2.37. The summed E-state index contributed by atoms with van der Waals surface area (Å²) in [6, 6.07) is 8.82. The van der Waals surface area contributed by atoms with E-state index in [-0.39, 0.29) is 23.1 Å². The number of rotatable bonds is 5. The standard InChI is InChI=1S/C21H25N3O3/c1-5-6-14-9-15(8-7-13(14)4)24-20(22-23-21(24)27)17-10-16(12(2)3)18(25)11-19(17)26/h7-12,25-26H,5-6H2,1-4H3,(H,23,27). The van der Waals surface area contributed by atoms with Crippen molar-refractivity contribution in [2.75, 3.05) is 0 Å². The van der Waals surface area contributed by atoms with Crippen molar-refractivity contribution in [3.05, 3.63) is 57.5 Å². The molecule has 0 amide bonds. The van der Waals surface area contributed by atoms with Crippen molar-refractivity contribution in [3.8, 4) is 28.6 Å². The van der Waals surface area contributed by atoms with Crippen molar-refractivity contribution in [3.63, 3.8) is 0 Å². The summed E-state index contributed by atoms with van der Waals surface area (Å²) >= 11 is 0. The molecule has 2 aromatic carbocycles. The Balaban J connectivity index is 2.21. The first-order chi connectivity index (χ1) is 12.8. The predicted octanol–water partition coefficient (Wildman–Crippen LogP) is 4.02. The van der Waals surface area contributed by atoms with E-state index in [1.807, 2.05) is 32.0 Å². The molecular weight excluding hydrogens is 342 g/mol. The fourth-order valence-electron chi connectivity index (χ4n) is 3.29. The van der Waals surface area contributed by atoms with Gasteiger partial charge in [0.05, 0.1) is 11.3 Å². The molecule has 0 unspecified atom stereocenters. The van der Waals surface area contributed by atoms with Crippen LogP contribution in [-0.4, -0.2) is 25.0 Å². The van der Waals surface area contributed by atoms with E-state index in [1.165, 1.54) is 21.8 Å². The Labute approximate surface area is 158 Å². The van der Waals surface area contributed by atoms with Crippen LogP contribution in [0.15, 0.2) is 35.1 Å². The van der Waals surface area contributed by atoms with Gasteiger partial charge in [-0.05, 0) is 54.2 Å². The van der Waals surface area contributed by atoms with E-state index in [0.29, 0.717) is 22.6 Å². The third kappa shape index (κ3) is 3.47. The SMILES string of the molecule is CCCc1cc(-n2c(-c3cc(C(C)C)c(O)cc3O)n[nH]c2=O)ccc1C. The number of aromatic nitrogens is 3. The van der Waals surface area contributed by atoms with Gasteiger partial charge in [-0.1, -0.05) is 33.3 Å². The van der Waals surface area contributed by atoms with Gasteiger partial charge in [0, 0.05) is 6.07 Å². The van der Waals surface area contributed by atoms with Crippen molar-refractivity contribution in [2.24, 2.45) is 0 Å². The number of hydrogen-bond donors (Lipinski definition) is 3. The van der Waals surface area contributed by atoms with Gasteiger partial charge in [-0.15, -0.1) is 0 Å². The van der Waals surface area contributed by atoms with Crippen LogP contribution in [-0.2, 0) is 6.42 Å². The van der Waals surface area contributed by atoms with E-state index in [9.17, 15) is 15.0 Å². The zero-order chi connectivity index (χ0) is 19.7. The van der Waals surface area contributed by atoms with Gasteiger partial charge in [0.15, 0.2) is 5.82 Å². The first kappa shape index (κ1) is 18.8. The first-order valence-electron chi connectivity index (χ1n) is 9.17. The maximum atomic E-state index is 12.5. The van der Waals surface area contributed by atoms with Gasteiger partial charge in [-0.2, -0.15) is 5.10 Å². The minimum Gasteiger partial charge on any atom is -0.508 e. The van der Waals surface area contributed by atoms with Crippen molar-refractivity contribution in [2.45, 2.75) is 46.5 Å². The number of nitrogens with one attached hydrogen (secondary N) is 1. The van der Waals surface area contributed by atoms with Crippen LogP contribution >= 0.6 is 0 Å². The fourth-order valence-corrected chi connectivity index (χ4v) is 3.29. The maximum absolute atomic E-state index is 12.5. The average molecular weight is 367 g/mol. The summed E-state index contributed by atoms with van der Waals surface area (Å²) in [6.07, 6.45) is 1.93. The minimum atomic E-state index is -0.380. The Morgan fingerprint density at radius 1 is 1.15 bits per heavy atom. The third-order valence-corrected chi connectivity index (χ3v) is 4.79. The van der Waals surface area contributed by atoms with E-state index in [2.05, 4.69) is 24.0 Å². The number of aromatic hydroxyl groups is 2. The molecule has 0 saturated heterocycles. The number of benzene rings is 2. The molecule has 27 heavy (non-hydrogen) atoms. The summed E-state index contributed by atoms with van der Waals surface area (Å²) in [4.78, 5) is 12.5. The van der Waals surface area contributed by atoms with Crippen LogP contribution in [0.1, 0.15) is 49.8 Å². The Hall–Kier alpha value is -3.02. The van der Waals surface area contributed by atoms with E-state index in [4.69, 9.17) is 0 Å². The maximum Gasteiger partial charge on any atom is 0.348 e. The number of phenols is 2. The van der Waals surface area contributed by atoms with Gasteiger partial charge in [0.2, 0.25) is 0 Å². The quantitative estimate of drug-likeness (QED) is 0.635. The Morgan fingerprint density at radius 2 is 1.89 bits per heavy atom. The summed E-state index contributed by atoms with van der Waals surface area (Å²) in [5.74, 6) is 0.263. The molecule has 0 radical (unpaired) electrons. The Kier molecular flexibility index (Phi) is 5.08. The highest BCUT2D eigenvalue weighted by molar-refractivity contribution is 5.69. The number of aromatic amines is 1. The number of aryl methyl sites for hydroxylation is 2. The molecule has 0 spiro atoms. The molecule has 3 rings (SSSR count). The Morgan fingerprint density at radius 3 is 2.56 bits per heavy atom. The number of phenolic OH excluding ortho intramolecular Hbond substituents is 2. The van der Waals surface area contributed by atoms with Crippen LogP contribution in [0.5, 0.6) is 11.5 Å². The highest BCUT2D eigenvalue weighted by Gasteiger charge is 2.19. The lowest BCUT2D eigenvalue weighted by Crippen LogP contribution is -2.16. The molecule has 3 N–H and O–H groups in total. The van der Waals surface area contributed by atoms with Crippen molar-refractivity contribution >= 4 is 0 Å².